The van der Waals surface area contributed by atoms with Crippen LogP contribution in [0.2, 0.25) is 0 Å². The molecule has 162 valence electrons. The summed E-state index contributed by atoms with van der Waals surface area (Å²) in [7, 11) is 0. The number of carbonyl (C=O) groups is 2. The van der Waals surface area contributed by atoms with Crippen LogP contribution in [0.25, 0.3) is 11.0 Å². The summed E-state index contributed by atoms with van der Waals surface area (Å²) in [6.07, 6.45) is -1.47. The number of hydrogen-bond donors (Lipinski definition) is 2. The second-order valence-electron chi connectivity index (χ2n) is 7.14. The van der Waals surface area contributed by atoms with E-state index in [2.05, 4.69) is 10.3 Å². The lowest BCUT2D eigenvalue weighted by atomic mass is 10.1. The lowest BCUT2D eigenvalue weighted by Crippen LogP contribution is -2.12. The van der Waals surface area contributed by atoms with E-state index < -0.39 is 17.6 Å². The number of rotatable bonds is 5. The van der Waals surface area contributed by atoms with E-state index in [0.717, 1.165) is 12.1 Å². The summed E-state index contributed by atoms with van der Waals surface area (Å²) in [5.74, 6) is -1.02. The fourth-order valence-corrected chi connectivity index (χ4v) is 3.35. The van der Waals surface area contributed by atoms with Gasteiger partial charge in [-0.2, -0.15) is 13.2 Å². The number of nitrogens with two attached hydrogens (primary N) is 1. The standard InChI is InChI=1S/C23H17F3N4O2/c24-23(25,26)16-8-6-14(7-9-16)12-30-13-19(20(27)31)18-10-17(11-28-21(18)30)29-22(32)15-4-2-1-3-5-15/h1-11,13H,12H2,(H2,27,31)(H,29,32). The molecule has 2 amide bonds. The molecule has 4 aromatic rings. The van der Waals surface area contributed by atoms with Gasteiger partial charge in [-0.3, -0.25) is 9.59 Å². The molecule has 0 saturated carbocycles. The average molecular weight is 438 g/mol. The summed E-state index contributed by atoms with van der Waals surface area (Å²) < 4.78 is 40.0. The zero-order chi connectivity index (χ0) is 22.9. The second-order valence-corrected chi connectivity index (χ2v) is 7.14. The van der Waals surface area contributed by atoms with Crippen LogP contribution in [0.5, 0.6) is 0 Å². The quantitative estimate of drug-likeness (QED) is 0.482. The van der Waals surface area contributed by atoms with Crippen LogP contribution in [-0.2, 0) is 12.7 Å². The van der Waals surface area contributed by atoms with Crippen molar-refractivity contribution in [2.75, 3.05) is 5.32 Å². The number of fused-ring (bicyclic) bond motifs is 1. The average Bonchev–Trinajstić information content (AvgIpc) is 3.12. The third-order valence-corrected chi connectivity index (χ3v) is 4.91. The van der Waals surface area contributed by atoms with Gasteiger partial charge in [-0.15, -0.1) is 0 Å². The van der Waals surface area contributed by atoms with Gasteiger partial charge in [0.2, 0.25) is 0 Å². The molecule has 0 atom stereocenters. The van der Waals surface area contributed by atoms with Crippen molar-refractivity contribution in [1.29, 1.82) is 0 Å². The molecular weight excluding hydrogens is 421 g/mol. The van der Waals surface area contributed by atoms with E-state index in [1.54, 1.807) is 41.0 Å². The molecule has 0 saturated heterocycles. The Labute approximate surface area is 180 Å². The number of nitrogens with zero attached hydrogens (tertiary/aromatic N) is 2. The van der Waals surface area contributed by atoms with Crippen LogP contribution in [0, 0.1) is 0 Å². The third kappa shape index (κ3) is 4.31. The Morgan fingerprint density at radius 2 is 1.72 bits per heavy atom. The minimum absolute atomic E-state index is 0.185. The van der Waals surface area contributed by atoms with Gasteiger partial charge < -0.3 is 15.6 Å². The van der Waals surface area contributed by atoms with Crippen LogP contribution in [0.4, 0.5) is 18.9 Å². The van der Waals surface area contributed by atoms with Crippen molar-refractivity contribution in [2.24, 2.45) is 5.73 Å². The Hall–Kier alpha value is -4.14. The molecule has 0 unspecified atom stereocenters. The Morgan fingerprint density at radius 3 is 2.34 bits per heavy atom. The van der Waals surface area contributed by atoms with Crippen molar-refractivity contribution in [2.45, 2.75) is 12.7 Å². The monoisotopic (exact) mass is 438 g/mol. The number of halogens is 3. The van der Waals surface area contributed by atoms with Crippen molar-refractivity contribution in [3.8, 4) is 0 Å². The fourth-order valence-electron chi connectivity index (χ4n) is 3.35. The highest BCUT2D eigenvalue weighted by atomic mass is 19.4. The fraction of sp³-hybridized carbons (Fsp3) is 0.0870. The first-order chi connectivity index (χ1) is 15.2. The smallest absolute Gasteiger partial charge is 0.366 e. The van der Waals surface area contributed by atoms with Crippen molar-refractivity contribution in [3.05, 3.63) is 95.3 Å². The number of amides is 2. The van der Waals surface area contributed by atoms with Gasteiger partial charge >= 0.3 is 6.18 Å². The molecule has 2 aromatic heterocycles. The van der Waals surface area contributed by atoms with Gasteiger partial charge in [-0.1, -0.05) is 30.3 Å². The molecule has 0 aliphatic rings. The van der Waals surface area contributed by atoms with Crippen molar-refractivity contribution in [1.82, 2.24) is 9.55 Å². The largest absolute Gasteiger partial charge is 0.416 e. The first-order valence-corrected chi connectivity index (χ1v) is 9.53. The molecule has 2 heterocycles. The number of hydrogen-bond acceptors (Lipinski definition) is 3. The van der Waals surface area contributed by atoms with Crippen molar-refractivity contribution >= 4 is 28.5 Å². The third-order valence-electron chi connectivity index (χ3n) is 4.91. The number of nitrogens with one attached hydrogen (secondary N) is 1. The van der Waals surface area contributed by atoms with Gasteiger partial charge in [0.05, 0.1) is 23.0 Å². The van der Waals surface area contributed by atoms with E-state index in [1.165, 1.54) is 24.5 Å². The van der Waals surface area contributed by atoms with E-state index >= 15 is 0 Å². The van der Waals surface area contributed by atoms with Gasteiger partial charge in [0.25, 0.3) is 11.8 Å². The van der Waals surface area contributed by atoms with E-state index in [1.807, 2.05) is 0 Å². The number of alkyl halides is 3. The number of benzene rings is 2. The maximum atomic E-state index is 12.8. The Morgan fingerprint density at radius 1 is 1.03 bits per heavy atom. The summed E-state index contributed by atoms with van der Waals surface area (Å²) in [6, 6.07) is 14.9. The van der Waals surface area contributed by atoms with E-state index in [9.17, 15) is 22.8 Å². The Kier molecular flexibility index (Phi) is 5.40. The molecule has 9 heteroatoms. The minimum Gasteiger partial charge on any atom is -0.366 e. The molecule has 2 aromatic carbocycles. The van der Waals surface area contributed by atoms with Crippen LogP contribution in [-0.4, -0.2) is 21.4 Å². The minimum atomic E-state index is -4.42. The van der Waals surface area contributed by atoms with Gasteiger partial charge in [-0.25, -0.2) is 4.98 Å². The lowest BCUT2D eigenvalue weighted by molar-refractivity contribution is -0.137. The highest BCUT2D eigenvalue weighted by Crippen LogP contribution is 2.30. The molecule has 0 radical (unpaired) electrons. The Bertz CT molecular complexity index is 1300. The molecule has 4 rings (SSSR count). The first-order valence-electron chi connectivity index (χ1n) is 9.53. The Balaban J connectivity index is 1.64. The summed E-state index contributed by atoms with van der Waals surface area (Å²) in [6.45, 7) is 0.185. The molecule has 0 spiro atoms. The molecule has 6 nitrogen and oxygen atoms in total. The number of pyridine rings is 1. The molecular formula is C23H17F3N4O2. The normalized spacial score (nSPS) is 11.5. The molecule has 0 aliphatic carbocycles. The molecule has 0 aliphatic heterocycles. The van der Waals surface area contributed by atoms with Gasteiger partial charge in [0.1, 0.15) is 5.65 Å². The van der Waals surface area contributed by atoms with Gasteiger partial charge in [0, 0.05) is 23.7 Å². The van der Waals surface area contributed by atoms with E-state index in [-0.39, 0.29) is 18.0 Å². The van der Waals surface area contributed by atoms with Gasteiger partial charge in [-0.05, 0) is 35.9 Å². The second kappa shape index (κ2) is 8.18. The first kappa shape index (κ1) is 21.1. The van der Waals surface area contributed by atoms with Crippen LogP contribution in [0.1, 0.15) is 31.8 Å². The zero-order valence-corrected chi connectivity index (χ0v) is 16.6. The number of anilines is 1. The summed E-state index contributed by atoms with van der Waals surface area (Å²) in [5, 5.41) is 3.15. The van der Waals surface area contributed by atoms with Crippen LogP contribution >= 0.6 is 0 Å². The topological polar surface area (TPSA) is 90.0 Å². The number of aromatic nitrogens is 2. The maximum absolute atomic E-state index is 12.8. The number of primary amides is 1. The lowest BCUT2D eigenvalue weighted by Gasteiger charge is -2.09. The zero-order valence-electron chi connectivity index (χ0n) is 16.6. The SMILES string of the molecule is NC(=O)c1cn(Cc2ccc(C(F)(F)F)cc2)c2ncc(NC(=O)c3ccccc3)cc12. The highest BCUT2D eigenvalue weighted by Gasteiger charge is 2.30. The molecule has 0 bridgehead atoms. The summed E-state index contributed by atoms with van der Waals surface area (Å²) in [5.41, 5.74) is 6.79. The predicted molar refractivity (Wildman–Crippen MR) is 113 cm³/mol. The summed E-state index contributed by atoms with van der Waals surface area (Å²) >= 11 is 0. The van der Waals surface area contributed by atoms with E-state index in [0.29, 0.717) is 27.8 Å². The molecule has 0 fully saturated rings. The molecule has 32 heavy (non-hydrogen) atoms. The number of carbonyl (C=O) groups excluding carboxylic acids is 2. The van der Waals surface area contributed by atoms with Crippen LogP contribution in [0.3, 0.4) is 0 Å². The maximum Gasteiger partial charge on any atom is 0.416 e. The van der Waals surface area contributed by atoms with Gasteiger partial charge in [0.15, 0.2) is 0 Å². The van der Waals surface area contributed by atoms with Crippen LogP contribution in [0.15, 0.2) is 73.1 Å². The van der Waals surface area contributed by atoms with Crippen LogP contribution < -0.4 is 11.1 Å². The molecule has 3 N–H and O–H groups in total. The highest BCUT2D eigenvalue weighted by molar-refractivity contribution is 6.08. The van der Waals surface area contributed by atoms with E-state index in [4.69, 9.17) is 5.73 Å². The van der Waals surface area contributed by atoms with Crippen molar-refractivity contribution < 1.29 is 22.8 Å². The predicted octanol–water partition coefficient (Wildman–Crippen LogP) is 4.45. The van der Waals surface area contributed by atoms with Crippen molar-refractivity contribution in [3.63, 3.8) is 0 Å². The summed E-state index contributed by atoms with van der Waals surface area (Å²) in [4.78, 5) is 28.7.